The van der Waals surface area contributed by atoms with E-state index < -0.39 is 5.54 Å². The predicted octanol–water partition coefficient (Wildman–Crippen LogP) is 3.42. The van der Waals surface area contributed by atoms with Crippen LogP contribution >= 0.6 is 15.9 Å². The maximum atomic E-state index is 12.7. The first-order chi connectivity index (χ1) is 10.5. The molecule has 1 N–H and O–H groups in total. The lowest BCUT2D eigenvalue weighted by Gasteiger charge is -2.22. The number of benzene rings is 2. The van der Waals surface area contributed by atoms with Crippen molar-refractivity contribution in [2.75, 3.05) is 0 Å². The van der Waals surface area contributed by atoms with Gasteiger partial charge in [-0.3, -0.25) is 9.69 Å². The largest absolute Gasteiger partial charge is 0.325 e. The van der Waals surface area contributed by atoms with Crippen LogP contribution in [0.25, 0.3) is 0 Å². The minimum atomic E-state index is -1.01. The lowest BCUT2D eigenvalue weighted by Crippen LogP contribution is -2.40. The third-order valence-electron chi connectivity index (χ3n) is 3.88. The number of nitrogens with one attached hydrogen (secondary N) is 1. The maximum Gasteiger partial charge on any atom is 0.325 e. The zero-order valence-corrected chi connectivity index (χ0v) is 13.6. The Kier molecular flexibility index (Phi) is 3.74. The zero-order chi connectivity index (χ0) is 15.7. The minimum Gasteiger partial charge on any atom is -0.319 e. The lowest BCUT2D eigenvalue weighted by molar-refractivity contribution is -0.131. The molecule has 0 radical (unpaired) electrons. The first kappa shape index (κ1) is 14.8. The van der Waals surface area contributed by atoms with E-state index in [0.29, 0.717) is 0 Å². The number of carbonyl (C=O) groups excluding carboxylic acids is 2. The summed E-state index contributed by atoms with van der Waals surface area (Å²) < 4.78 is 0.961. The highest BCUT2D eigenvalue weighted by Gasteiger charge is 2.48. The molecule has 1 saturated heterocycles. The molecule has 3 amide bonds. The summed E-state index contributed by atoms with van der Waals surface area (Å²) in [7, 11) is 0. The summed E-state index contributed by atoms with van der Waals surface area (Å²) >= 11 is 3.37. The van der Waals surface area contributed by atoms with Gasteiger partial charge >= 0.3 is 6.03 Å². The summed E-state index contributed by atoms with van der Waals surface area (Å²) in [6, 6.07) is 16.5. The third-order valence-corrected chi connectivity index (χ3v) is 4.41. The normalized spacial score (nSPS) is 21.1. The topological polar surface area (TPSA) is 49.4 Å². The molecule has 0 saturated carbocycles. The van der Waals surface area contributed by atoms with Gasteiger partial charge in [0, 0.05) is 4.47 Å². The van der Waals surface area contributed by atoms with Crippen molar-refractivity contribution in [1.29, 1.82) is 0 Å². The molecule has 1 aliphatic rings. The van der Waals surface area contributed by atoms with Gasteiger partial charge in [0.15, 0.2) is 0 Å². The van der Waals surface area contributed by atoms with Crippen molar-refractivity contribution >= 4 is 27.9 Å². The molecular weight excluding hydrogens is 344 g/mol. The Labute approximate surface area is 137 Å². The van der Waals surface area contributed by atoms with Crippen LogP contribution in [0.2, 0.25) is 0 Å². The van der Waals surface area contributed by atoms with Crippen LogP contribution in [0.15, 0.2) is 59.1 Å². The molecule has 1 atom stereocenters. The van der Waals surface area contributed by atoms with Crippen molar-refractivity contribution < 1.29 is 9.59 Å². The molecular formula is C17H15BrN2O2. The van der Waals surface area contributed by atoms with Crippen molar-refractivity contribution in [2.24, 2.45) is 0 Å². The summed E-state index contributed by atoms with van der Waals surface area (Å²) in [5.74, 6) is -0.230. The molecule has 0 aromatic heterocycles. The molecule has 112 valence electrons. The van der Waals surface area contributed by atoms with Gasteiger partial charge in [0.2, 0.25) is 0 Å². The molecule has 0 aliphatic carbocycles. The zero-order valence-electron chi connectivity index (χ0n) is 12.0. The van der Waals surface area contributed by atoms with E-state index in [9.17, 15) is 9.59 Å². The van der Waals surface area contributed by atoms with Gasteiger partial charge < -0.3 is 5.32 Å². The minimum absolute atomic E-state index is 0.230. The Morgan fingerprint density at radius 3 is 2.32 bits per heavy atom. The molecule has 0 unspecified atom stereocenters. The van der Waals surface area contributed by atoms with Crippen LogP contribution in [0.1, 0.15) is 18.1 Å². The standard InChI is InChI=1S/C17H15BrN2O2/c1-17(13-5-3-2-4-6-13)15(21)20(16(22)19-17)11-12-7-9-14(18)10-8-12/h2-10H,11H2,1H3,(H,19,22)/t17-/m1/s1. The molecule has 0 bridgehead atoms. The fourth-order valence-corrected chi connectivity index (χ4v) is 2.84. The first-order valence-corrected chi connectivity index (χ1v) is 7.74. The number of carbonyl (C=O) groups is 2. The van der Waals surface area contributed by atoms with Gasteiger partial charge in [0.25, 0.3) is 5.91 Å². The number of urea groups is 1. The van der Waals surface area contributed by atoms with Gasteiger partial charge in [0.05, 0.1) is 6.54 Å². The van der Waals surface area contributed by atoms with Crippen molar-refractivity contribution in [3.63, 3.8) is 0 Å². The first-order valence-electron chi connectivity index (χ1n) is 6.95. The van der Waals surface area contributed by atoms with E-state index in [-0.39, 0.29) is 18.5 Å². The van der Waals surface area contributed by atoms with E-state index in [1.165, 1.54) is 4.90 Å². The van der Waals surface area contributed by atoms with Crippen LogP contribution in [0.3, 0.4) is 0 Å². The van der Waals surface area contributed by atoms with Crippen LogP contribution < -0.4 is 5.32 Å². The van der Waals surface area contributed by atoms with E-state index in [2.05, 4.69) is 21.2 Å². The summed E-state index contributed by atoms with van der Waals surface area (Å²) in [5, 5.41) is 2.81. The molecule has 1 aliphatic heterocycles. The van der Waals surface area contributed by atoms with Gasteiger partial charge in [-0.15, -0.1) is 0 Å². The lowest BCUT2D eigenvalue weighted by atomic mass is 9.92. The summed E-state index contributed by atoms with van der Waals surface area (Å²) in [6.45, 7) is 2.00. The molecule has 4 nitrogen and oxygen atoms in total. The Balaban J connectivity index is 1.87. The fraction of sp³-hybridized carbons (Fsp3) is 0.176. The van der Waals surface area contributed by atoms with E-state index >= 15 is 0 Å². The SMILES string of the molecule is C[C@]1(c2ccccc2)NC(=O)N(Cc2ccc(Br)cc2)C1=O. The van der Waals surface area contributed by atoms with Crippen LogP contribution in [-0.2, 0) is 16.9 Å². The van der Waals surface area contributed by atoms with Gasteiger partial charge in [-0.25, -0.2) is 4.79 Å². The van der Waals surface area contributed by atoms with E-state index in [0.717, 1.165) is 15.6 Å². The molecule has 1 heterocycles. The Bertz CT molecular complexity index is 715. The molecule has 2 aromatic carbocycles. The summed E-state index contributed by atoms with van der Waals surface area (Å²) in [6.07, 6.45) is 0. The highest BCUT2D eigenvalue weighted by Crippen LogP contribution is 2.29. The average Bonchev–Trinajstić information content (AvgIpc) is 2.75. The number of halogens is 1. The van der Waals surface area contributed by atoms with E-state index in [1.807, 2.05) is 54.6 Å². The highest BCUT2D eigenvalue weighted by atomic mass is 79.9. The smallest absolute Gasteiger partial charge is 0.319 e. The maximum absolute atomic E-state index is 12.7. The monoisotopic (exact) mass is 358 g/mol. The average molecular weight is 359 g/mol. The second-order valence-electron chi connectivity index (χ2n) is 5.44. The van der Waals surface area contributed by atoms with Crippen molar-refractivity contribution in [3.05, 3.63) is 70.2 Å². The van der Waals surface area contributed by atoms with E-state index in [4.69, 9.17) is 0 Å². The van der Waals surface area contributed by atoms with Gasteiger partial charge in [-0.05, 0) is 30.2 Å². The van der Waals surface area contributed by atoms with Crippen LogP contribution in [-0.4, -0.2) is 16.8 Å². The quantitative estimate of drug-likeness (QED) is 0.854. The van der Waals surface area contributed by atoms with Crippen LogP contribution in [0, 0.1) is 0 Å². The second kappa shape index (κ2) is 5.57. The van der Waals surface area contributed by atoms with Gasteiger partial charge in [-0.2, -0.15) is 0 Å². The van der Waals surface area contributed by atoms with Crippen molar-refractivity contribution in [3.8, 4) is 0 Å². The molecule has 0 spiro atoms. The van der Waals surface area contributed by atoms with Crippen molar-refractivity contribution in [1.82, 2.24) is 10.2 Å². The van der Waals surface area contributed by atoms with Gasteiger partial charge in [-0.1, -0.05) is 58.4 Å². The Morgan fingerprint density at radius 2 is 1.68 bits per heavy atom. The van der Waals surface area contributed by atoms with Crippen LogP contribution in [0.5, 0.6) is 0 Å². The number of imide groups is 1. The van der Waals surface area contributed by atoms with Gasteiger partial charge in [0.1, 0.15) is 5.54 Å². The molecule has 22 heavy (non-hydrogen) atoms. The number of hydrogen-bond donors (Lipinski definition) is 1. The highest BCUT2D eigenvalue weighted by molar-refractivity contribution is 9.10. The summed E-state index contributed by atoms with van der Waals surface area (Å²) in [4.78, 5) is 26.2. The molecule has 3 rings (SSSR count). The Morgan fingerprint density at radius 1 is 1.05 bits per heavy atom. The van der Waals surface area contributed by atoms with Crippen LogP contribution in [0.4, 0.5) is 4.79 Å². The number of rotatable bonds is 3. The predicted molar refractivity (Wildman–Crippen MR) is 87.0 cm³/mol. The third kappa shape index (κ3) is 2.52. The number of amides is 3. The summed E-state index contributed by atoms with van der Waals surface area (Å²) in [5.41, 5.74) is 0.684. The second-order valence-corrected chi connectivity index (χ2v) is 6.35. The molecule has 2 aromatic rings. The van der Waals surface area contributed by atoms with E-state index in [1.54, 1.807) is 6.92 Å². The fourth-order valence-electron chi connectivity index (χ4n) is 2.58. The number of hydrogen-bond acceptors (Lipinski definition) is 2. The van der Waals surface area contributed by atoms with Crippen molar-refractivity contribution in [2.45, 2.75) is 19.0 Å². The Hall–Kier alpha value is -2.14. The number of nitrogens with zero attached hydrogens (tertiary/aromatic N) is 1. The molecule has 5 heteroatoms. The molecule has 1 fully saturated rings.